The van der Waals surface area contributed by atoms with Crippen molar-refractivity contribution in [3.8, 4) is 0 Å². The molecule has 0 bridgehead atoms. The number of aryl methyl sites for hydroxylation is 1. The van der Waals surface area contributed by atoms with E-state index in [1.807, 2.05) is 75.4 Å². The highest BCUT2D eigenvalue weighted by Gasteiger charge is 2.33. The number of amides is 2. The maximum atomic E-state index is 14.0. The van der Waals surface area contributed by atoms with Crippen LogP contribution in [-0.2, 0) is 32.6 Å². The molecule has 0 radical (unpaired) electrons. The number of anilines is 1. The highest BCUT2D eigenvalue weighted by atomic mass is 32.2. The molecule has 2 amide bonds. The molecule has 7 nitrogen and oxygen atoms in total. The molecular formula is C30H36FN3O4S. The fraction of sp³-hybridized carbons (Fsp3) is 0.333. The fourth-order valence-electron chi connectivity index (χ4n) is 4.20. The first-order valence-corrected chi connectivity index (χ1v) is 14.7. The molecule has 9 heteroatoms. The van der Waals surface area contributed by atoms with E-state index in [-0.39, 0.29) is 30.5 Å². The lowest BCUT2D eigenvalue weighted by atomic mass is 10.0. The number of benzene rings is 3. The molecule has 3 rings (SSSR count). The van der Waals surface area contributed by atoms with Gasteiger partial charge in [0.1, 0.15) is 18.4 Å². The van der Waals surface area contributed by atoms with Gasteiger partial charge in [0.2, 0.25) is 21.8 Å². The summed E-state index contributed by atoms with van der Waals surface area (Å²) in [6.45, 7) is 5.89. The number of carbonyl (C=O) groups is 2. The first kappa shape index (κ1) is 29.8. The zero-order valence-corrected chi connectivity index (χ0v) is 23.6. The highest BCUT2D eigenvalue weighted by Crippen LogP contribution is 2.21. The molecule has 0 aliphatic rings. The van der Waals surface area contributed by atoms with E-state index >= 15 is 0 Å². The summed E-state index contributed by atoms with van der Waals surface area (Å²) in [6.07, 6.45) is 1.24. The van der Waals surface area contributed by atoms with Gasteiger partial charge in [0.05, 0.1) is 11.9 Å². The number of rotatable bonds is 12. The lowest BCUT2D eigenvalue weighted by Crippen LogP contribution is -2.53. The van der Waals surface area contributed by atoms with E-state index in [9.17, 15) is 22.4 Å². The Bertz CT molecular complexity index is 1360. The van der Waals surface area contributed by atoms with Crippen molar-refractivity contribution in [2.75, 3.05) is 23.7 Å². The number of hydrogen-bond donors (Lipinski definition) is 1. The van der Waals surface area contributed by atoms with Gasteiger partial charge in [0.25, 0.3) is 0 Å². The van der Waals surface area contributed by atoms with Crippen molar-refractivity contribution in [2.45, 2.75) is 39.8 Å². The van der Waals surface area contributed by atoms with E-state index < -0.39 is 34.3 Å². The van der Waals surface area contributed by atoms with Crippen LogP contribution in [0.25, 0.3) is 0 Å². The maximum Gasteiger partial charge on any atom is 0.244 e. The third kappa shape index (κ3) is 8.92. The van der Waals surface area contributed by atoms with Crippen LogP contribution in [0.3, 0.4) is 0 Å². The molecular weight excluding hydrogens is 517 g/mol. The third-order valence-electron chi connectivity index (χ3n) is 6.18. The summed E-state index contributed by atoms with van der Waals surface area (Å²) in [5.74, 6) is -1.19. The minimum atomic E-state index is -3.90. The van der Waals surface area contributed by atoms with Crippen LogP contribution >= 0.6 is 0 Å². The molecule has 0 aliphatic carbocycles. The lowest BCUT2D eigenvalue weighted by Gasteiger charge is -2.33. The molecule has 0 aromatic heterocycles. The summed E-state index contributed by atoms with van der Waals surface area (Å²) >= 11 is 0. The zero-order chi connectivity index (χ0) is 28.6. The van der Waals surface area contributed by atoms with Crippen LogP contribution < -0.4 is 9.62 Å². The first-order chi connectivity index (χ1) is 18.4. The molecule has 0 saturated heterocycles. The molecule has 0 heterocycles. The van der Waals surface area contributed by atoms with Crippen molar-refractivity contribution in [3.63, 3.8) is 0 Å². The molecule has 0 fully saturated rings. The maximum absolute atomic E-state index is 14.0. The van der Waals surface area contributed by atoms with Crippen LogP contribution in [0.5, 0.6) is 0 Å². The standard InChI is InChI=1S/C30H36FN3O4S/c1-22(2)19-32-30(36)28(18-24-10-6-5-7-11-24)33(20-25-12-8-9-23(3)17-25)29(35)21-34(39(4,37)38)27-15-13-26(31)14-16-27/h5-17,22,28H,18-21H2,1-4H3,(H,32,36)/t28-/m0/s1. The van der Waals surface area contributed by atoms with Gasteiger partial charge in [-0.25, -0.2) is 12.8 Å². The summed E-state index contributed by atoms with van der Waals surface area (Å²) in [7, 11) is -3.90. The van der Waals surface area contributed by atoms with E-state index in [0.717, 1.165) is 39.4 Å². The van der Waals surface area contributed by atoms with Gasteiger partial charge in [-0.3, -0.25) is 13.9 Å². The van der Waals surface area contributed by atoms with Crippen LogP contribution in [-0.4, -0.2) is 50.5 Å². The van der Waals surface area contributed by atoms with Crippen molar-refractivity contribution in [1.29, 1.82) is 0 Å². The molecule has 3 aromatic carbocycles. The molecule has 0 spiro atoms. The topological polar surface area (TPSA) is 86.8 Å². The van der Waals surface area contributed by atoms with Crippen LogP contribution in [0.4, 0.5) is 10.1 Å². The Morgan fingerprint density at radius 2 is 1.56 bits per heavy atom. The monoisotopic (exact) mass is 553 g/mol. The zero-order valence-electron chi connectivity index (χ0n) is 22.8. The van der Waals surface area contributed by atoms with E-state index in [2.05, 4.69) is 5.32 Å². The minimum absolute atomic E-state index is 0.105. The average molecular weight is 554 g/mol. The molecule has 0 saturated carbocycles. The average Bonchev–Trinajstić information content (AvgIpc) is 2.88. The van der Waals surface area contributed by atoms with Crippen molar-refractivity contribution in [3.05, 3.63) is 101 Å². The van der Waals surface area contributed by atoms with Gasteiger partial charge >= 0.3 is 0 Å². The SMILES string of the molecule is Cc1cccc(CN(C(=O)CN(c2ccc(F)cc2)S(C)(=O)=O)[C@@H](Cc2ccccc2)C(=O)NCC(C)C)c1. The van der Waals surface area contributed by atoms with Gasteiger partial charge < -0.3 is 10.2 Å². The molecule has 0 unspecified atom stereocenters. The Labute approximate surface area is 230 Å². The fourth-order valence-corrected chi connectivity index (χ4v) is 5.05. The lowest BCUT2D eigenvalue weighted by molar-refractivity contribution is -0.140. The second-order valence-corrected chi connectivity index (χ2v) is 12.0. The Hall–Kier alpha value is -3.72. The summed E-state index contributed by atoms with van der Waals surface area (Å²) in [5.41, 5.74) is 2.83. The molecule has 1 atom stereocenters. The van der Waals surface area contributed by atoms with Crippen LogP contribution in [0.1, 0.15) is 30.5 Å². The molecule has 0 aliphatic heterocycles. The van der Waals surface area contributed by atoms with Gasteiger partial charge in [-0.1, -0.05) is 74.0 Å². The largest absolute Gasteiger partial charge is 0.354 e. The number of sulfonamides is 1. The number of nitrogens with one attached hydrogen (secondary N) is 1. The van der Waals surface area contributed by atoms with E-state index in [4.69, 9.17) is 0 Å². The Morgan fingerprint density at radius 1 is 0.923 bits per heavy atom. The van der Waals surface area contributed by atoms with Crippen molar-refractivity contribution < 1.29 is 22.4 Å². The molecule has 39 heavy (non-hydrogen) atoms. The van der Waals surface area contributed by atoms with Crippen molar-refractivity contribution >= 4 is 27.5 Å². The van der Waals surface area contributed by atoms with Gasteiger partial charge in [-0.15, -0.1) is 0 Å². The summed E-state index contributed by atoms with van der Waals surface area (Å²) in [6, 6.07) is 21.0. The first-order valence-electron chi connectivity index (χ1n) is 12.8. The highest BCUT2D eigenvalue weighted by molar-refractivity contribution is 7.92. The van der Waals surface area contributed by atoms with Crippen molar-refractivity contribution in [2.24, 2.45) is 5.92 Å². The number of halogens is 1. The number of nitrogens with zero attached hydrogens (tertiary/aromatic N) is 2. The summed E-state index contributed by atoms with van der Waals surface area (Å²) in [4.78, 5) is 29.0. The molecule has 208 valence electrons. The minimum Gasteiger partial charge on any atom is -0.354 e. The predicted molar refractivity (Wildman–Crippen MR) is 152 cm³/mol. The smallest absolute Gasteiger partial charge is 0.244 e. The van der Waals surface area contributed by atoms with Gasteiger partial charge in [-0.05, 0) is 48.2 Å². The Morgan fingerprint density at radius 3 is 2.15 bits per heavy atom. The van der Waals surface area contributed by atoms with Crippen LogP contribution in [0, 0.1) is 18.7 Å². The van der Waals surface area contributed by atoms with Crippen molar-refractivity contribution in [1.82, 2.24) is 10.2 Å². The predicted octanol–water partition coefficient (Wildman–Crippen LogP) is 4.31. The van der Waals surface area contributed by atoms with Gasteiger partial charge in [0, 0.05) is 19.5 Å². The van der Waals surface area contributed by atoms with E-state index in [0.29, 0.717) is 6.54 Å². The summed E-state index contributed by atoms with van der Waals surface area (Å²) < 4.78 is 40.0. The molecule has 1 N–H and O–H groups in total. The quantitative estimate of drug-likeness (QED) is 0.362. The normalized spacial score (nSPS) is 12.2. The second kappa shape index (κ2) is 13.4. The van der Waals surface area contributed by atoms with E-state index in [1.54, 1.807) is 0 Å². The van der Waals surface area contributed by atoms with Crippen LogP contribution in [0.2, 0.25) is 0 Å². The molecule has 3 aromatic rings. The van der Waals surface area contributed by atoms with Gasteiger partial charge in [-0.2, -0.15) is 0 Å². The van der Waals surface area contributed by atoms with E-state index in [1.165, 1.54) is 17.0 Å². The third-order valence-corrected chi connectivity index (χ3v) is 7.33. The summed E-state index contributed by atoms with van der Waals surface area (Å²) in [5, 5.41) is 2.95. The van der Waals surface area contributed by atoms with Crippen LogP contribution in [0.15, 0.2) is 78.9 Å². The Balaban J connectivity index is 2.04. The van der Waals surface area contributed by atoms with Gasteiger partial charge in [0.15, 0.2) is 0 Å². The number of hydrogen-bond acceptors (Lipinski definition) is 4. The second-order valence-electron chi connectivity index (χ2n) is 10.1. The number of carbonyl (C=O) groups excluding carboxylic acids is 2. The Kier molecular flexibility index (Phi) is 10.2.